The molecular formula is C27H38N4O4S. The predicted octanol–water partition coefficient (Wildman–Crippen LogP) is 3.45. The van der Waals surface area contributed by atoms with Crippen molar-refractivity contribution in [2.45, 2.75) is 77.3 Å². The largest absolute Gasteiger partial charge is 0.487 e. The normalized spacial score (nSPS) is 15.2. The lowest BCUT2D eigenvalue weighted by Crippen LogP contribution is -2.38. The minimum Gasteiger partial charge on any atom is -0.487 e. The van der Waals surface area contributed by atoms with Crippen LogP contribution in [-0.4, -0.2) is 38.9 Å². The molecule has 0 saturated heterocycles. The minimum atomic E-state index is -3.94. The van der Waals surface area contributed by atoms with Crippen molar-refractivity contribution in [2.24, 2.45) is 10.7 Å². The van der Waals surface area contributed by atoms with Crippen LogP contribution in [0.15, 0.2) is 40.2 Å². The number of aliphatic imine (C=N–C) groups is 1. The zero-order valence-electron chi connectivity index (χ0n) is 21.9. The Labute approximate surface area is 214 Å². The number of carbonyl (C=O) groups excluding carboxylic acids is 1. The predicted molar refractivity (Wildman–Crippen MR) is 143 cm³/mol. The number of Topliss-reactive ketones (excluding diaryl/α,β-unsaturated/α-hetero) is 1. The van der Waals surface area contributed by atoms with Crippen LogP contribution in [-0.2, 0) is 27.8 Å². The number of hydrogen-bond acceptors (Lipinski definition) is 6. The summed E-state index contributed by atoms with van der Waals surface area (Å²) in [5, 5.41) is 3.13. The number of carbonyl (C=O) groups is 1. The lowest BCUT2D eigenvalue weighted by molar-refractivity contribution is -0.118. The van der Waals surface area contributed by atoms with Gasteiger partial charge in [-0.1, -0.05) is 30.3 Å². The first-order valence-corrected chi connectivity index (χ1v) is 13.8. The summed E-state index contributed by atoms with van der Waals surface area (Å²) in [4.78, 5) is 16.4. The number of ketones is 1. The van der Waals surface area contributed by atoms with E-state index in [1.54, 1.807) is 6.92 Å². The van der Waals surface area contributed by atoms with Crippen molar-refractivity contribution >= 4 is 21.8 Å². The van der Waals surface area contributed by atoms with Gasteiger partial charge in [0.1, 0.15) is 17.1 Å². The molecule has 196 valence electrons. The molecule has 0 unspecified atom stereocenters. The molecule has 0 bridgehead atoms. The molecule has 0 amide bonds. The second-order valence-corrected chi connectivity index (χ2v) is 11.6. The zero-order valence-corrected chi connectivity index (χ0v) is 22.7. The Morgan fingerprint density at radius 2 is 1.81 bits per heavy atom. The van der Waals surface area contributed by atoms with Crippen LogP contribution in [0.4, 0.5) is 0 Å². The van der Waals surface area contributed by atoms with Gasteiger partial charge in [0, 0.05) is 19.5 Å². The number of ether oxygens (including phenoxy) is 1. The Kier molecular flexibility index (Phi) is 8.79. The summed E-state index contributed by atoms with van der Waals surface area (Å²) >= 11 is 0. The molecular weight excluding hydrogens is 476 g/mol. The van der Waals surface area contributed by atoms with Crippen LogP contribution in [0, 0.1) is 20.8 Å². The SMILES string of the molecule is Cc1c(C)c(S(=O)(=O)NC(N)=NCCCC(=O)CNCc2ccccc2)c(C)c2c1OC(C)(C)CC2. The smallest absolute Gasteiger partial charge is 0.264 e. The topological polar surface area (TPSA) is 123 Å². The maximum Gasteiger partial charge on any atom is 0.264 e. The maximum absolute atomic E-state index is 13.3. The van der Waals surface area contributed by atoms with Crippen molar-refractivity contribution in [3.05, 3.63) is 58.1 Å². The first-order valence-electron chi connectivity index (χ1n) is 12.3. The third-order valence-electron chi connectivity index (χ3n) is 6.56. The van der Waals surface area contributed by atoms with Crippen molar-refractivity contribution in [3.63, 3.8) is 0 Å². The Morgan fingerprint density at radius 1 is 1.11 bits per heavy atom. The number of rotatable bonds is 10. The van der Waals surface area contributed by atoms with Crippen molar-refractivity contribution in [2.75, 3.05) is 13.1 Å². The molecule has 0 saturated carbocycles. The first-order chi connectivity index (χ1) is 16.9. The summed E-state index contributed by atoms with van der Waals surface area (Å²) in [5.41, 5.74) is 9.80. The second kappa shape index (κ2) is 11.4. The number of benzene rings is 2. The maximum atomic E-state index is 13.3. The molecule has 0 aromatic heterocycles. The molecule has 3 rings (SSSR count). The quantitative estimate of drug-likeness (QED) is 0.254. The number of nitrogens with one attached hydrogen (secondary N) is 2. The summed E-state index contributed by atoms with van der Waals surface area (Å²) in [5.74, 6) is 0.669. The third kappa shape index (κ3) is 6.85. The van der Waals surface area contributed by atoms with Crippen LogP contribution in [0.3, 0.4) is 0 Å². The molecule has 0 atom stereocenters. The van der Waals surface area contributed by atoms with Crippen LogP contribution < -0.4 is 20.5 Å². The second-order valence-electron chi connectivity index (χ2n) is 9.98. The Hall–Kier alpha value is -2.91. The Morgan fingerprint density at radius 3 is 2.50 bits per heavy atom. The molecule has 0 aliphatic carbocycles. The van der Waals surface area contributed by atoms with Crippen LogP contribution >= 0.6 is 0 Å². The summed E-state index contributed by atoms with van der Waals surface area (Å²) < 4.78 is 35.1. The van der Waals surface area contributed by atoms with Crippen molar-refractivity contribution in [1.82, 2.24) is 10.0 Å². The van der Waals surface area contributed by atoms with Gasteiger partial charge in [-0.05, 0) is 81.7 Å². The highest BCUT2D eigenvalue weighted by atomic mass is 32.2. The van der Waals surface area contributed by atoms with E-state index >= 15 is 0 Å². The van der Waals surface area contributed by atoms with Gasteiger partial charge >= 0.3 is 0 Å². The summed E-state index contributed by atoms with van der Waals surface area (Å²) in [6.45, 7) is 10.7. The van der Waals surface area contributed by atoms with Crippen LogP contribution in [0.2, 0.25) is 0 Å². The summed E-state index contributed by atoms with van der Waals surface area (Å²) in [6, 6.07) is 9.87. The van der Waals surface area contributed by atoms with Crippen LogP contribution in [0.5, 0.6) is 5.75 Å². The molecule has 0 spiro atoms. The zero-order chi connectivity index (χ0) is 26.5. The van der Waals surface area contributed by atoms with Gasteiger partial charge in [-0.15, -0.1) is 0 Å². The lowest BCUT2D eigenvalue weighted by Gasteiger charge is -2.35. The average Bonchev–Trinajstić information content (AvgIpc) is 2.80. The molecule has 0 fully saturated rings. The van der Waals surface area contributed by atoms with Crippen LogP contribution in [0.25, 0.3) is 0 Å². The number of nitrogens with zero attached hydrogens (tertiary/aromatic N) is 1. The van der Waals surface area contributed by atoms with E-state index in [0.717, 1.165) is 35.3 Å². The number of hydrogen-bond donors (Lipinski definition) is 3. The molecule has 1 heterocycles. The van der Waals surface area contributed by atoms with E-state index in [1.165, 1.54) is 0 Å². The molecule has 2 aromatic carbocycles. The van der Waals surface area contributed by atoms with Gasteiger partial charge in [0.15, 0.2) is 0 Å². The van der Waals surface area contributed by atoms with Gasteiger partial charge in [-0.25, -0.2) is 13.1 Å². The van der Waals surface area contributed by atoms with Gasteiger partial charge in [0.2, 0.25) is 5.96 Å². The van der Waals surface area contributed by atoms with E-state index in [1.807, 2.05) is 58.0 Å². The number of nitrogens with two attached hydrogens (primary N) is 1. The molecule has 36 heavy (non-hydrogen) atoms. The summed E-state index contributed by atoms with van der Waals surface area (Å²) in [6.07, 6.45) is 2.37. The van der Waals surface area contributed by atoms with E-state index in [9.17, 15) is 13.2 Å². The Bertz CT molecular complexity index is 1240. The van der Waals surface area contributed by atoms with E-state index in [-0.39, 0.29) is 35.3 Å². The van der Waals surface area contributed by atoms with Crippen molar-refractivity contribution in [1.29, 1.82) is 0 Å². The fourth-order valence-electron chi connectivity index (χ4n) is 4.48. The van der Waals surface area contributed by atoms with Gasteiger partial charge in [0.05, 0.1) is 11.4 Å². The fourth-order valence-corrected chi connectivity index (χ4v) is 6.00. The molecule has 9 heteroatoms. The molecule has 4 N–H and O–H groups in total. The van der Waals surface area contributed by atoms with E-state index < -0.39 is 10.0 Å². The lowest BCUT2D eigenvalue weighted by atomic mass is 9.88. The average molecular weight is 515 g/mol. The van der Waals surface area contributed by atoms with Gasteiger partial charge in [-0.3, -0.25) is 9.79 Å². The minimum absolute atomic E-state index is 0.0708. The third-order valence-corrected chi connectivity index (χ3v) is 8.19. The molecule has 0 radical (unpaired) electrons. The number of sulfonamides is 1. The Balaban J connectivity index is 1.57. The highest BCUT2D eigenvalue weighted by Gasteiger charge is 2.33. The molecule has 8 nitrogen and oxygen atoms in total. The molecule has 1 aliphatic heterocycles. The van der Waals surface area contributed by atoms with Gasteiger partial charge in [0.25, 0.3) is 10.0 Å². The van der Waals surface area contributed by atoms with Crippen molar-refractivity contribution in [3.8, 4) is 5.75 Å². The van der Waals surface area contributed by atoms with E-state index in [4.69, 9.17) is 10.5 Å². The molecule has 1 aliphatic rings. The van der Waals surface area contributed by atoms with Gasteiger partial charge in [-0.2, -0.15) is 0 Å². The standard InChI is InChI=1S/C27H38N4O4S/c1-18-19(2)25(20(3)23-13-14-27(4,5)35-24(18)23)36(33,34)31-26(28)30-15-9-12-22(32)17-29-16-21-10-7-6-8-11-21/h6-8,10-11,29H,9,12-17H2,1-5H3,(H3,28,30,31). The molecule has 2 aromatic rings. The van der Waals surface area contributed by atoms with Gasteiger partial charge < -0.3 is 15.8 Å². The highest BCUT2D eigenvalue weighted by molar-refractivity contribution is 7.90. The number of guanidine groups is 1. The summed E-state index contributed by atoms with van der Waals surface area (Å²) in [7, 11) is -3.94. The highest BCUT2D eigenvalue weighted by Crippen LogP contribution is 2.42. The first kappa shape index (κ1) is 27.7. The van der Waals surface area contributed by atoms with Crippen LogP contribution in [0.1, 0.15) is 60.9 Å². The van der Waals surface area contributed by atoms with Crippen molar-refractivity contribution < 1.29 is 17.9 Å². The number of fused-ring (bicyclic) bond motifs is 1. The van der Waals surface area contributed by atoms with E-state index in [2.05, 4.69) is 15.0 Å². The monoisotopic (exact) mass is 514 g/mol. The van der Waals surface area contributed by atoms with E-state index in [0.29, 0.717) is 30.5 Å². The fraction of sp³-hybridized carbons (Fsp3) is 0.481.